The van der Waals surface area contributed by atoms with Gasteiger partial charge in [0.25, 0.3) is 0 Å². The molecule has 7 heterocycles. The molecule has 81 heavy (non-hydrogen) atoms. The number of nitrogens with one attached hydrogen (secondary N) is 4. The summed E-state index contributed by atoms with van der Waals surface area (Å²) >= 11 is 1.57. The Kier molecular flexibility index (Phi) is 16.8. The monoisotopic (exact) mass is 1150 g/mol. The van der Waals surface area contributed by atoms with E-state index < -0.39 is 81.1 Å². The number of anilines is 2. The molecule has 0 saturated carbocycles. The standard InChI is InChI=1S/C58H68F3N11O7S2/c1-34(36-6-8-38(9-7-36)53-35(2)64-33-80-53)65-56(76)48-27-43(73)31-72(48)57(77)54(58(3,4)5)66-49(74)32-68-19-17-42(18-20-68)70-24-22-69(23-25-70)41-12-10-37(11-13-41)39-26-44-45(29-63-55(44)62-28-39)52(75)50-46(60)14-15-47(51(50)61)67-81(78,79)71-21-16-40(59)30-71/h6-15,26,28-29,33-34,40,42-43,48,54,67,73H,16-25,27,30-32H2,1-5H3,(H,62,63)(H,65,76)(H,66,74)/t34?,40-,43-,48+,54?/m1/s1. The number of pyridine rings is 1. The van der Waals surface area contributed by atoms with Gasteiger partial charge in [0.15, 0.2) is 5.82 Å². The van der Waals surface area contributed by atoms with E-state index in [4.69, 9.17) is 0 Å². The zero-order valence-electron chi connectivity index (χ0n) is 45.9. The number of aromatic nitrogens is 3. The number of hydrogen-bond acceptors (Lipinski definition) is 13. The number of aryl methyl sites for hydroxylation is 1. The highest BCUT2D eigenvalue weighted by Gasteiger charge is 2.45. The minimum atomic E-state index is -4.38. The highest BCUT2D eigenvalue weighted by molar-refractivity contribution is 7.90. The number of halogens is 3. The van der Waals surface area contributed by atoms with Crippen LogP contribution in [0.3, 0.4) is 0 Å². The second-order valence-electron chi connectivity index (χ2n) is 22.7. The molecule has 0 radical (unpaired) electrons. The molecule has 2 unspecified atom stereocenters. The van der Waals surface area contributed by atoms with Crippen LogP contribution in [0.4, 0.5) is 24.5 Å². The smallest absolute Gasteiger partial charge is 0.301 e. The van der Waals surface area contributed by atoms with E-state index in [1.165, 1.54) is 11.1 Å². The number of alkyl halides is 1. The number of piperidine rings is 1. The number of nitrogens with zero attached hydrogens (tertiary/aromatic N) is 7. The Hall–Kier alpha value is -6.76. The second kappa shape index (κ2) is 23.6. The van der Waals surface area contributed by atoms with Crippen LogP contribution in [0.25, 0.3) is 32.6 Å². The van der Waals surface area contributed by atoms with Gasteiger partial charge in [-0.15, -0.1) is 11.3 Å². The predicted octanol–water partition coefficient (Wildman–Crippen LogP) is 6.83. The molecule has 0 bridgehead atoms. The van der Waals surface area contributed by atoms with E-state index in [-0.39, 0.29) is 55.9 Å². The molecular formula is C58H68F3N11O7S2. The summed E-state index contributed by atoms with van der Waals surface area (Å²) in [4.78, 5) is 76.9. The van der Waals surface area contributed by atoms with Crippen LogP contribution in [0.15, 0.2) is 84.6 Å². The number of piperazine rings is 1. The molecule has 3 aromatic carbocycles. The third-order valence-corrected chi connectivity index (χ3v) is 18.6. The largest absolute Gasteiger partial charge is 0.391 e. The molecule has 6 aromatic rings. The van der Waals surface area contributed by atoms with Crippen LogP contribution in [-0.4, -0.2) is 167 Å². The van der Waals surface area contributed by atoms with Gasteiger partial charge >= 0.3 is 10.2 Å². The summed E-state index contributed by atoms with van der Waals surface area (Å²) in [6.07, 6.45) is 2.55. The number of likely N-dealkylation sites (tertiary alicyclic amines) is 2. The molecule has 0 spiro atoms. The number of ketones is 1. The lowest BCUT2D eigenvalue weighted by Gasteiger charge is -2.43. The van der Waals surface area contributed by atoms with Crippen molar-refractivity contribution in [2.75, 3.05) is 75.1 Å². The fourth-order valence-corrected chi connectivity index (χ4v) is 13.6. The third kappa shape index (κ3) is 12.5. The molecule has 23 heteroatoms. The van der Waals surface area contributed by atoms with Crippen molar-refractivity contribution in [2.24, 2.45) is 5.41 Å². The summed E-state index contributed by atoms with van der Waals surface area (Å²) in [6, 6.07) is 17.4. The van der Waals surface area contributed by atoms with Crippen molar-refractivity contribution in [3.63, 3.8) is 0 Å². The lowest BCUT2D eigenvalue weighted by atomic mass is 9.85. The number of thiazole rings is 1. The maximum atomic E-state index is 15.8. The first-order valence-electron chi connectivity index (χ1n) is 27.4. The SMILES string of the molecule is Cc1ncsc1-c1ccc(C(C)NC(=O)[C@@H]2C[C@@H](O)CN2C(=O)C(NC(=O)CN2CCC(N3CCN(c4ccc(-c5cnc6[nH]cc(C(=O)c7c(F)ccc(NS(=O)(=O)N8CC[C@@H](F)C8)c7F)c6c5)cc4)CC3)CC2)C(C)(C)C)cc1. The van der Waals surface area contributed by atoms with Gasteiger partial charge in [0.2, 0.25) is 23.5 Å². The van der Waals surface area contributed by atoms with Crippen LogP contribution in [0, 0.1) is 24.0 Å². The number of aliphatic hydroxyl groups is 1. The van der Waals surface area contributed by atoms with Crippen LogP contribution in [0.2, 0.25) is 0 Å². The molecule has 430 valence electrons. The summed E-state index contributed by atoms with van der Waals surface area (Å²) < 4.78 is 73.4. The molecule has 4 saturated heterocycles. The Labute approximate surface area is 473 Å². The fraction of sp³-hybridized carbons (Fsp3) is 0.448. The van der Waals surface area contributed by atoms with Crippen molar-refractivity contribution in [3.05, 3.63) is 119 Å². The molecule has 4 aliphatic heterocycles. The van der Waals surface area contributed by atoms with E-state index in [9.17, 15) is 37.1 Å². The third-order valence-electron chi connectivity index (χ3n) is 16.1. The van der Waals surface area contributed by atoms with Crippen LogP contribution >= 0.6 is 11.3 Å². The zero-order chi connectivity index (χ0) is 57.5. The van der Waals surface area contributed by atoms with Crippen molar-refractivity contribution in [1.29, 1.82) is 0 Å². The van der Waals surface area contributed by atoms with Crippen LogP contribution in [0.5, 0.6) is 0 Å². The Balaban J connectivity index is 0.697. The lowest BCUT2D eigenvalue weighted by molar-refractivity contribution is -0.144. The number of benzene rings is 3. The van der Waals surface area contributed by atoms with E-state index in [1.54, 1.807) is 23.6 Å². The van der Waals surface area contributed by atoms with Crippen LogP contribution in [-0.2, 0) is 24.6 Å². The molecule has 4 aliphatic rings. The number of hydrogen-bond donors (Lipinski definition) is 5. The fourth-order valence-electron chi connectivity index (χ4n) is 11.5. The van der Waals surface area contributed by atoms with E-state index in [1.807, 2.05) is 93.4 Å². The van der Waals surface area contributed by atoms with E-state index >= 15 is 8.78 Å². The molecule has 5 N–H and O–H groups in total. The minimum absolute atomic E-state index is 0.00717. The summed E-state index contributed by atoms with van der Waals surface area (Å²) in [6.45, 7) is 13.8. The molecule has 4 fully saturated rings. The topological polar surface area (TPSA) is 217 Å². The van der Waals surface area contributed by atoms with Crippen molar-refractivity contribution in [3.8, 4) is 21.6 Å². The zero-order valence-corrected chi connectivity index (χ0v) is 47.6. The van der Waals surface area contributed by atoms with Gasteiger partial charge in [-0.3, -0.25) is 33.7 Å². The van der Waals surface area contributed by atoms with Gasteiger partial charge in [-0.2, -0.15) is 12.7 Å². The summed E-state index contributed by atoms with van der Waals surface area (Å²) in [5.41, 5.74) is 5.16. The van der Waals surface area contributed by atoms with Gasteiger partial charge in [-0.05, 0) is 85.5 Å². The number of carbonyl (C=O) groups excluding carboxylic acids is 4. The number of fused-ring (bicyclic) bond motifs is 1. The molecular weight excluding hydrogens is 1080 g/mol. The van der Waals surface area contributed by atoms with Crippen molar-refractivity contribution in [2.45, 2.75) is 96.7 Å². The van der Waals surface area contributed by atoms with Gasteiger partial charge < -0.3 is 30.5 Å². The van der Waals surface area contributed by atoms with Crippen molar-refractivity contribution in [1.82, 2.24) is 44.6 Å². The van der Waals surface area contributed by atoms with Crippen LogP contribution in [0.1, 0.15) is 86.6 Å². The number of β-amino-alcohol motifs (C(OH)–C–C–N with tert-alkyl or cyclic N) is 1. The highest BCUT2D eigenvalue weighted by atomic mass is 32.2. The quantitative estimate of drug-likeness (QED) is 0.0631. The van der Waals surface area contributed by atoms with Gasteiger partial charge in [0.1, 0.15) is 29.7 Å². The normalized spacial score (nSPS) is 20.6. The summed E-state index contributed by atoms with van der Waals surface area (Å²) in [7, 11) is -4.38. The number of aliphatic hydroxyl groups excluding tert-OH is 1. The number of carbonyl (C=O) groups is 4. The molecule has 0 aliphatic carbocycles. The van der Waals surface area contributed by atoms with E-state index in [2.05, 4.69) is 40.3 Å². The molecule has 5 atom stereocenters. The maximum Gasteiger partial charge on any atom is 0.301 e. The first-order valence-corrected chi connectivity index (χ1v) is 29.8. The Morgan fingerprint density at radius 1 is 0.864 bits per heavy atom. The van der Waals surface area contributed by atoms with E-state index in [0.717, 1.165) is 88.4 Å². The minimum Gasteiger partial charge on any atom is -0.391 e. The number of aromatic amines is 1. The molecule has 18 nitrogen and oxygen atoms in total. The average Bonchev–Trinajstić information content (AvgIpc) is 4.29. The number of H-pyrrole nitrogens is 1. The van der Waals surface area contributed by atoms with Gasteiger partial charge in [-0.1, -0.05) is 57.2 Å². The summed E-state index contributed by atoms with van der Waals surface area (Å²) in [5.74, 6) is -4.64. The van der Waals surface area contributed by atoms with Gasteiger partial charge in [0.05, 0.1) is 46.0 Å². The Morgan fingerprint density at radius 3 is 2.22 bits per heavy atom. The lowest BCUT2D eigenvalue weighted by Crippen LogP contribution is -2.59. The maximum absolute atomic E-state index is 15.8. The van der Waals surface area contributed by atoms with Gasteiger partial charge in [-0.25, -0.2) is 23.1 Å². The summed E-state index contributed by atoms with van der Waals surface area (Å²) in [5, 5.41) is 17.2. The second-order valence-corrected chi connectivity index (χ2v) is 25.3. The van der Waals surface area contributed by atoms with Crippen molar-refractivity contribution < 1.29 is 45.9 Å². The Bertz CT molecular complexity index is 3410. The number of rotatable bonds is 16. The van der Waals surface area contributed by atoms with Crippen molar-refractivity contribution >= 4 is 67.5 Å². The van der Waals surface area contributed by atoms with Crippen LogP contribution < -0.4 is 20.3 Å². The molecule has 3 amide bonds. The first-order chi connectivity index (χ1) is 38.6. The van der Waals surface area contributed by atoms with Gasteiger partial charge in [0, 0.05) is 106 Å². The highest BCUT2D eigenvalue weighted by Crippen LogP contribution is 2.34. The number of amides is 3. The molecule has 3 aromatic heterocycles. The average molecular weight is 1150 g/mol. The predicted molar refractivity (Wildman–Crippen MR) is 305 cm³/mol. The molecule has 10 rings (SSSR count). The van der Waals surface area contributed by atoms with E-state index in [0.29, 0.717) is 35.7 Å². The first kappa shape index (κ1) is 57.5. The Morgan fingerprint density at radius 2 is 1.57 bits per heavy atom.